The molecule has 2 N–H and O–H groups in total. The molecule has 4 heteroatoms. The lowest BCUT2D eigenvalue weighted by atomic mass is 9.81. The molecule has 0 radical (unpaired) electrons. The number of rotatable bonds is 6. The Kier molecular flexibility index (Phi) is 6.21. The van der Waals surface area contributed by atoms with Gasteiger partial charge in [-0.2, -0.15) is 11.8 Å². The van der Waals surface area contributed by atoms with Crippen molar-refractivity contribution in [1.82, 2.24) is 5.32 Å². The van der Waals surface area contributed by atoms with E-state index in [0.717, 1.165) is 38.8 Å². The molecule has 2 heterocycles. The van der Waals surface area contributed by atoms with E-state index in [9.17, 15) is 5.11 Å². The number of aliphatic hydroxyl groups excluding tert-OH is 1. The van der Waals surface area contributed by atoms with E-state index in [-0.39, 0.29) is 17.6 Å². The van der Waals surface area contributed by atoms with Crippen LogP contribution in [0.5, 0.6) is 0 Å². The van der Waals surface area contributed by atoms with Crippen molar-refractivity contribution in [3.05, 3.63) is 0 Å². The molecule has 3 nitrogen and oxygen atoms in total. The summed E-state index contributed by atoms with van der Waals surface area (Å²) in [6.07, 6.45) is 6.77. The van der Waals surface area contributed by atoms with E-state index in [1.54, 1.807) is 0 Å². The van der Waals surface area contributed by atoms with Gasteiger partial charge >= 0.3 is 0 Å². The number of hydrogen-bond acceptors (Lipinski definition) is 4. The van der Waals surface area contributed by atoms with Gasteiger partial charge in [0.05, 0.1) is 5.60 Å². The second kappa shape index (κ2) is 7.48. The van der Waals surface area contributed by atoms with E-state index < -0.39 is 0 Å². The lowest BCUT2D eigenvalue weighted by Crippen LogP contribution is -2.51. The minimum absolute atomic E-state index is 0.0634. The Morgan fingerprint density at radius 3 is 2.60 bits per heavy atom. The summed E-state index contributed by atoms with van der Waals surface area (Å²) in [5, 5.41) is 13.4. The minimum Gasteiger partial charge on any atom is -0.396 e. The minimum atomic E-state index is 0.0634. The van der Waals surface area contributed by atoms with Gasteiger partial charge in [0, 0.05) is 31.2 Å². The third-order valence-electron chi connectivity index (χ3n) is 5.50. The lowest BCUT2D eigenvalue weighted by Gasteiger charge is -2.44. The summed E-state index contributed by atoms with van der Waals surface area (Å²) in [5.74, 6) is 2.49. The maximum absolute atomic E-state index is 9.68. The molecule has 1 spiro atoms. The Balaban J connectivity index is 1.86. The van der Waals surface area contributed by atoms with Crippen molar-refractivity contribution in [2.75, 3.05) is 31.3 Å². The van der Waals surface area contributed by atoms with Gasteiger partial charge in [0.25, 0.3) is 0 Å². The first kappa shape index (κ1) is 16.6. The zero-order valence-corrected chi connectivity index (χ0v) is 13.9. The number of nitrogens with one attached hydrogen (secondary N) is 1. The van der Waals surface area contributed by atoms with Gasteiger partial charge in [-0.05, 0) is 50.0 Å². The predicted octanol–water partition coefficient (Wildman–Crippen LogP) is 2.82. The third-order valence-corrected chi connectivity index (χ3v) is 6.48. The van der Waals surface area contributed by atoms with Gasteiger partial charge in [0.1, 0.15) is 0 Å². The van der Waals surface area contributed by atoms with Crippen molar-refractivity contribution >= 4 is 11.8 Å². The first-order valence-corrected chi connectivity index (χ1v) is 9.39. The maximum Gasteiger partial charge on any atom is 0.0713 e. The number of aliphatic hydroxyl groups is 1. The van der Waals surface area contributed by atoms with Crippen LogP contribution in [-0.4, -0.2) is 48.0 Å². The van der Waals surface area contributed by atoms with Crippen LogP contribution in [-0.2, 0) is 4.74 Å². The molecule has 20 heavy (non-hydrogen) atoms. The van der Waals surface area contributed by atoms with E-state index >= 15 is 0 Å². The predicted molar refractivity (Wildman–Crippen MR) is 86.4 cm³/mol. The molecule has 0 saturated carbocycles. The van der Waals surface area contributed by atoms with Crippen molar-refractivity contribution in [2.45, 2.75) is 64.0 Å². The number of ether oxygens (including phenoxy) is 1. The lowest BCUT2D eigenvalue weighted by molar-refractivity contribution is -0.0943. The zero-order chi connectivity index (χ0) is 14.5. The summed E-state index contributed by atoms with van der Waals surface area (Å²) >= 11 is 2.06. The number of hydrogen-bond donors (Lipinski definition) is 2. The van der Waals surface area contributed by atoms with Gasteiger partial charge in [-0.3, -0.25) is 0 Å². The van der Waals surface area contributed by atoms with Crippen LogP contribution in [0.2, 0.25) is 0 Å². The molecule has 2 aliphatic heterocycles. The van der Waals surface area contributed by atoms with Gasteiger partial charge in [-0.15, -0.1) is 0 Å². The first-order valence-electron chi connectivity index (χ1n) is 8.23. The molecule has 1 unspecified atom stereocenters. The molecule has 2 aliphatic rings. The van der Waals surface area contributed by atoms with Crippen molar-refractivity contribution in [3.8, 4) is 0 Å². The van der Waals surface area contributed by atoms with E-state index in [1.807, 2.05) is 0 Å². The Labute approximate surface area is 128 Å². The molecule has 2 fully saturated rings. The van der Waals surface area contributed by atoms with E-state index in [4.69, 9.17) is 4.74 Å². The Hall–Kier alpha value is 0.230. The van der Waals surface area contributed by atoms with Gasteiger partial charge in [0.2, 0.25) is 0 Å². The van der Waals surface area contributed by atoms with Crippen LogP contribution in [0.4, 0.5) is 0 Å². The third kappa shape index (κ3) is 3.90. The van der Waals surface area contributed by atoms with Crippen LogP contribution in [0.15, 0.2) is 0 Å². The fraction of sp³-hybridized carbons (Fsp3) is 1.00. The molecule has 2 saturated heterocycles. The molecular weight excluding hydrogens is 270 g/mol. The molecule has 118 valence electrons. The van der Waals surface area contributed by atoms with Crippen molar-refractivity contribution < 1.29 is 9.84 Å². The van der Waals surface area contributed by atoms with Crippen LogP contribution in [0.25, 0.3) is 0 Å². The summed E-state index contributed by atoms with van der Waals surface area (Å²) in [7, 11) is 0. The standard InChI is InChI=1S/C16H31NO2S/c1-3-15(4-2,13-18)12-17-14-5-8-19-16(11-14)6-9-20-10-7-16/h14,17-18H,3-13H2,1-2H3. The normalized spacial score (nSPS) is 26.9. The van der Waals surface area contributed by atoms with E-state index in [2.05, 4.69) is 30.9 Å². The van der Waals surface area contributed by atoms with Crippen LogP contribution < -0.4 is 5.32 Å². The van der Waals surface area contributed by atoms with Crippen LogP contribution in [0.3, 0.4) is 0 Å². The number of thioether (sulfide) groups is 1. The summed E-state index contributed by atoms with van der Waals surface area (Å²) < 4.78 is 6.14. The second-order valence-electron chi connectivity index (χ2n) is 6.58. The quantitative estimate of drug-likeness (QED) is 0.791. The van der Waals surface area contributed by atoms with Gasteiger partial charge in [-0.25, -0.2) is 0 Å². The van der Waals surface area contributed by atoms with Crippen molar-refractivity contribution in [1.29, 1.82) is 0 Å². The summed E-state index contributed by atoms with van der Waals surface area (Å²) in [6, 6.07) is 0.566. The molecule has 2 rings (SSSR count). The van der Waals surface area contributed by atoms with E-state index in [0.29, 0.717) is 6.04 Å². The molecule has 0 amide bonds. The van der Waals surface area contributed by atoms with Gasteiger partial charge in [0.15, 0.2) is 0 Å². The summed E-state index contributed by atoms with van der Waals surface area (Å²) in [5.41, 5.74) is 0.218. The molecule has 0 aliphatic carbocycles. The smallest absolute Gasteiger partial charge is 0.0713 e. The molecule has 0 bridgehead atoms. The zero-order valence-electron chi connectivity index (χ0n) is 13.1. The second-order valence-corrected chi connectivity index (χ2v) is 7.80. The van der Waals surface area contributed by atoms with Crippen LogP contribution >= 0.6 is 11.8 Å². The van der Waals surface area contributed by atoms with Crippen molar-refractivity contribution in [2.24, 2.45) is 5.41 Å². The topological polar surface area (TPSA) is 41.5 Å². The largest absolute Gasteiger partial charge is 0.396 e. The fourth-order valence-electron chi connectivity index (χ4n) is 3.43. The highest BCUT2D eigenvalue weighted by Crippen LogP contribution is 2.37. The highest BCUT2D eigenvalue weighted by atomic mass is 32.2. The summed E-state index contributed by atoms with van der Waals surface area (Å²) in [4.78, 5) is 0. The van der Waals surface area contributed by atoms with Crippen LogP contribution in [0.1, 0.15) is 52.4 Å². The maximum atomic E-state index is 9.68. The fourth-order valence-corrected chi connectivity index (χ4v) is 4.67. The first-order chi connectivity index (χ1) is 9.67. The van der Waals surface area contributed by atoms with Gasteiger partial charge in [-0.1, -0.05) is 13.8 Å². The average Bonchev–Trinajstić information content (AvgIpc) is 2.50. The van der Waals surface area contributed by atoms with Gasteiger partial charge < -0.3 is 15.2 Å². The molecule has 0 aromatic carbocycles. The molecule has 0 aromatic rings. The SMILES string of the molecule is CCC(CC)(CO)CNC1CCOC2(CCSCC2)C1. The van der Waals surface area contributed by atoms with Crippen molar-refractivity contribution in [3.63, 3.8) is 0 Å². The van der Waals surface area contributed by atoms with E-state index in [1.165, 1.54) is 24.3 Å². The molecule has 0 aromatic heterocycles. The highest BCUT2D eigenvalue weighted by molar-refractivity contribution is 7.99. The highest BCUT2D eigenvalue weighted by Gasteiger charge is 2.39. The monoisotopic (exact) mass is 301 g/mol. The Bertz CT molecular complexity index is 274. The molecule has 1 atom stereocenters. The Morgan fingerprint density at radius 2 is 2.00 bits per heavy atom. The summed E-state index contributed by atoms with van der Waals surface area (Å²) in [6.45, 7) is 6.49. The molecular formula is C16H31NO2S. The average molecular weight is 301 g/mol. The van der Waals surface area contributed by atoms with Crippen LogP contribution in [0, 0.1) is 5.41 Å². The Morgan fingerprint density at radius 1 is 1.30 bits per heavy atom.